The zero-order chi connectivity index (χ0) is 15.9. The van der Waals surface area contributed by atoms with E-state index in [2.05, 4.69) is 0 Å². The number of carbonyl (C=O) groups excluding carboxylic acids is 2. The molecule has 0 spiro atoms. The average molecular weight is 316 g/mol. The Labute approximate surface area is 135 Å². The van der Waals surface area contributed by atoms with E-state index in [1.165, 1.54) is 0 Å². The normalized spacial score (nSPS) is 10.3. The van der Waals surface area contributed by atoms with Crippen molar-refractivity contribution in [3.8, 4) is 0 Å². The molecule has 0 fully saturated rings. The van der Waals surface area contributed by atoms with Crippen LogP contribution in [0, 0.1) is 0 Å². The molecular weight excluding hydrogens is 298 g/mol. The summed E-state index contributed by atoms with van der Waals surface area (Å²) in [4.78, 5) is 25.8. The highest BCUT2D eigenvalue weighted by atomic mass is 35.5. The van der Waals surface area contributed by atoms with Gasteiger partial charge in [0.1, 0.15) is 0 Å². The van der Waals surface area contributed by atoms with E-state index in [0.29, 0.717) is 17.1 Å². The summed E-state index contributed by atoms with van der Waals surface area (Å²) in [5.41, 5.74) is 1.66. The van der Waals surface area contributed by atoms with Crippen molar-refractivity contribution in [2.75, 3.05) is 7.05 Å². The molecule has 4 heteroatoms. The van der Waals surface area contributed by atoms with Crippen LogP contribution in [0.1, 0.15) is 28.8 Å². The first-order valence-corrected chi connectivity index (χ1v) is 7.50. The Morgan fingerprint density at radius 2 is 1.59 bits per heavy atom. The number of rotatable bonds is 6. The van der Waals surface area contributed by atoms with E-state index >= 15 is 0 Å². The number of amides is 1. The van der Waals surface area contributed by atoms with Gasteiger partial charge in [0, 0.05) is 37.0 Å². The molecular formula is C18H18ClNO2. The number of ketones is 1. The van der Waals surface area contributed by atoms with Gasteiger partial charge in [-0.3, -0.25) is 9.59 Å². The predicted molar refractivity (Wildman–Crippen MR) is 87.9 cm³/mol. The molecule has 0 radical (unpaired) electrons. The highest BCUT2D eigenvalue weighted by Gasteiger charge is 2.13. The highest BCUT2D eigenvalue weighted by Crippen LogP contribution is 2.12. The molecule has 0 aliphatic rings. The summed E-state index contributed by atoms with van der Waals surface area (Å²) in [6.45, 7) is 0.550. The number of nitrogens with zero attached hydrogens (tertiary/aromatic N) is 1. The van der Waals surface area contributed by atoms with Crippen LogP contribution < -0.4 is 0 Å². The summed E-state index contributed by atoms with van der Waals surface area (Å²) in [7, 11) is 1.75. The van der Waals surface area contributed by atoms with Crippen LogP contribution in [0.25, 0.3) is 0 Å². The molecule has 2 aromatic carbocycles. The maximum Gasteiger partial charge on any atom is 0.223 e. The third kappa shape index (κ3) is 4.71. The summed E-state index contributed by atoms with van der Waals surface area (Å²) in [6, 6.07) is 16.5. The van der Waals surface area contributed by atoms with Gasteiger partial charge < -0.3 is 4.90 Å². The van der Waals surface area contributed by atoms with E-state index in [-0.39, 0.29) is 24.5 Å². The number of halogens is 1. The van der Waals surface area contributed by atoms with Crippen LogP contribution in [-0.4, -0.2) is 23.6 Å². The highest BCUT2D eigenvalue weighted by molar-refractivity contribution is 6.30. The summed E-state index contributed by atoms with van der Waals surface area (Å²) >= 11 is 5.79. The molecule has 0 aliphatic heterocycles. The number of hydrogen-bond donors (Lipinski definition) is 0. The lowest BCUT2D eigenvalue weighted by Crippen LogP contribution is -2.26. The van der Waals surface area contributed by atoms with Crippen LogP contribution in [0.5, 0.6) is 0 Å². The van der Waals surface area contributed by atoms with Crippen LogP contribution in [0.2, 0.25) is 5.02 Å². The van der Waals surface area contributed by atoms with E-state index in [9.17, 15) is 9.59 Å². The van der Waals surface area contributed by atoms with Gasteiger partial charge in [0.15, 0.2) is 5.78 Å². The lowest BCUT2D eigenvalue weighted by Gasteiger charge is -2.17. The lowest BCUT2D eigenvalue weighted by atomic mass is 10.1. The SMILES string of the molecule is CN(Cc1ccccc1)C(=O)CCC(=O)c1ccc(Cl)cc1. The van der Waals surface area contributed by atoms with Crippen LogP contribution >= 0.6 is 11.6 Å². The molecule has 0 saturated heterocycles. The molecule has 114 valence electrons. The molecule has 0 heterocycles. The van der Waals surface area contributed by atoms with Crippen molar-refractivity contribution >= 4 is 23.3 Å². The fraction of sp³-hybridized carbons (Fsp3) is 0.222. The average Bonchev–Trinajstić information content (AvgIpc) is 2.53. The second-order valence-electron chi connectivity index (χ2n) is 5.17. The molecule has 2 aromatic rings. The Morgan fingerprint density at radius 3 is 2.23 bits per heavy atom. The summed E-state index contributed by atoms with van der Waals surface area (Å²) < 4.78 is 0. The van der Waals surface area contributed by atoms with Crippen LogP contribution in [0.4, 0.5) is 0 Å². The van der Waals surface area contributed by atoms with Crippen molar-refractivity contribution in [3.05, 3.63) is 70.7 Å². The van der Waals surface area contributed by atoms with Crippen LogP contribution in [0.15, 0.2) is 54.6 Å². The van der Waals surface area contributed by atoms with Crippen molar-refractivity contribution in [2.45, 2.75) is 19.4 Å². The molecule has 0 saturated carbocycles. The van der Waals surface area contributed by atoms with Crippen molar-refractivity contribution < 1.29 is 9.59 Å². The van der Waals surface area contributed by atoms with Crippen molar-refractivity contribution in [2.24, 2.45) is 0 Å². The first-order chi connectivity index (χ1) is 10.6. The molecule has 2 rings (SSSR count). The quantitative estimate of drug-likeness (QED) is 0.757. The van der Waals surface area contributed by atoms with Crippen molar-refractivity contribution in [1.82, 2.24) is 4.90 Å². The van der Waals surface area contributed by atoms with Crippen molar-refractivity contribution in [1.29, 1.82) is 0 Å². The molecule has 0 N–H and O–H groups in total. The number of hydrogen-bond acceptors (Lipinski definition) is 2. The Kier molecular flexibility index (Phi) is 5.73. The van der Waals surface area contributed by atoms with Gasteiger partial charge in [0.05, 0.1) is 0 Å². The van der Waals surface area contributed by atoms with Crippen LogP contribution in [0.3, 0.4) is 0 Å². The predicted octanol–water partition coefficient (Wildman–Crippen LogP) is 3.96. The first kappa shape index (κ1) is 16.2. The molecule has 3 nitrogen and oxygen atoms in total. The summed E-state index contributed by atoms with van der Waals surface area (Å²) in [6.07, 6.45) is 0.421. The minimum absolute atomic E-state index is 0.0360. The standard InChI is InChI=1S/C18H18ClNO2/c1-20(13-14-5-3-2-4-6-14)18(22)12-11-17(21)15-7-9-16(19)10-8-15/h2-10H,11-13H2,1H3. The molecule has 0 aromatic heterocycles. The monoisotopic (exact) mass is 315 g/mol. The number of benzene rings is 2. The Balaban J connectivity index is 1.84. The first-order valence-electron chi connectivity index (χ1n) is 7.13. The van der Waals surface area contributed by atoms with Gasteiger partial charge >= 0.3 is 0 Å². The van der Waals surface area contributed by atoms with E-state index in [1.54, 1.807) is 36.2 Å². The molecule has 0 atom stereocenters. The molecule has 22 heavy (non-hydrogen) atoms. The van der Waals surface area contributed by atoms with Gasteiger partial charge in [-0.2, -0.15) is 0 Å². The Hall–Kier alpha value is -2.13. The maximum atomic E-state index is 12.1. The largest absolute Gasteiger partial charge is 0.341 e. The van der Waals surface area contributed by atoms with Crippen LogP contribution in [-0.2, 0) is 11.3 Å². The topological polar surface area (TPSA) is 37.4 Å². The summed E-state index contributed by atoms with van der Waals surface area (Å²) in [5, 5.41) is 0.593. The minimum Gasteiger partial charge on any atom is -0.341 e. The van der Waals surface area contributed by atoms with Crippen molar-refractivity contribution in [3.63, 3.8) is 0 Å². The second kappa shape index (κ2) is 7.76. The molecule has 1 amide bonds. The van der Waals surface area contributed by atoms with Gasteiger partial charge in [0.2, 0.25) is 5.91 Å². The molecule has 0 aliphatic carbocycles. The van der Waals surface area contributed by atoms with E-state index in [1.807, 2.05) is 30.3 Å². The number of carbonyl (C=O) groups is 2. The molecule has 0 unspecified atom stereocenters. The fourth-order valence-corrected chi connectivity index (χ4v) is 2.26. The third-order valence-electron chi connectivity index (χ3n) is 3.42. The minimum atomic E-state index is -0.0434. The van der Waals surface area contributed by atoms with Gasteiger partial charge in [0.25, 0.3) is 0 Å². The smallest absolute Gasteiger partial charge is 0.223 e. The van der Waals surface area contributed by atoms with Gasteiger partial charge in [-0.1, -0.05) is 41.9 Å². The maximum absolute atomic E-state index is 12.1. The Morgan fingerprint density at radius 1 is 0.955 bits per heavy atom. The van der Waals surface area contributed by atoms with Gasteiger partial charge in [-0.15, -0.1) is 0 Å². The third-order valence-corrected chi connectivity index (χ3v) is 3.67. The van der Waals surface area contributed by atoms with Gasteiger partial charge in [-0.25, -0.2) is 0 Å². The second-order valence-corrected chi connectivity index (χ2v) is 5.60. The fourth-order valence-electron chi connectivity index (χ4n) is 2.14. The zero-order valence-corrected chi connectivity index (χ0v) is 13.2. The molecule has 0 bridgehead atoms. The summed E-state index contributed by atoms with van der Waals surface area (Å²) in [5.74, 6) is -0.0794. The Bertz CT molecular complexity index is 638. The zero-order valence-electron chi connectivity index (χ0n) is 12.5. The number of Topliss-reactive ketones (excluding diaryl/α,β-unsaturated/α-hetero) is 1. The van der Waals surface area contributed by atoms with E-state index < -0.39 is 0 Å². The van der Waals surface area contributed by atoms with Gasteiger partial charge in [-0.05, 0) is 29.8 Å². The van der Waals surface area contributed by atoms with E-state index in [4.69, 9.17) is 11.6 Å². The lowest BCUT2D eigenvalue weighted by molar-refractivity contribution is -0.130. The van der Waals surface area contributed by atoms with E-state index in [0.717, 1.165) is 5.56 Å².